The van der Waals surface area contributed by atoms with Crippen molar-refractivity contribution in [2.45, 2.75) is 25.9 Å². The van der Waals surface area contributed by atoms with Crippen molar-refractivity contribution in [3.05, 3.63) is 47.0 Å². The smallest absolute Gasteiger partial charge is 0.257 e. The average molecular weight is 380 g/mol. The van der Waals surface area contributed by atoms with Crippen LogP contribution in [0.5, 0.6) is 0 Å². The minimum absolute atomic E-state index is 0.0581. The number of carbonyl (C=O) groups is 1. The number of nitrogens with one attached hydrogen (secondary N) is 1. The van der Waals surface area contributed by atoms with Gasteiger partial charge in [-0.1, -0.05) is 19.1 Å². The molecule has 1 aliphatic heterocycles. The van der Waals surface area contributed by atoms with E-state index in [1.54, 1.807) is 17.6 Å². The van der Waals surface area contributed by atoms with E-state index in [2.05, 4.69) is 15.2 Å². The lowest BCUT2D eigenvalue weighted by molar-refractivity contribution is 0.102. The van der Waals surface area contributed by atoms with Crippen LogP contribution in [0.4, 0.5) is 5.13 Å². The Labute approximate surface area is 151 Å². The maximum absolute atomic E-state index is 12.3. The molecule has 0 unspecified atom stereocenters. The third-order valence-corrected chi connectivity index (χ3v) is 6.80. The van der Waals surface area contributed by atoms with Gasteiger partial charge >= 0.3 is 0 Å². The number of rotatable bonds is 6. The number of hydrogen-bond donors (Lipinski definition) is 1. The highest BCUT2D eigenvalue weighted by atomic mass is 32.2. The van der Waals surface area contributed by atoms with Crippen LogP contribution in [0.1, 0.15) is 29.3 Å². The Bertz CT molecular complexity index is 835. The van der Waals surface area contributed by atoms with Crippen LogP contribution in [-0.4, -0.2) is 48.3 Å². The Morgan fingerprint density at radius 3 is 2.92 bits per heavy atom. The van der Waals surface area contributed by atoms with E-state index in [-0.39, 0.29) is 23.5 Å². The minimum Gasteiger partial charge on any atom is -0.298 e. The minimum atomic E-state index is -2.91. The largest absolute Gasteiger partial charge is 0.298 e. The van der Waals surface area contributed by atoms with Crippen molar-refractivity contribution in [3.63, 3.8) is 0 Å². The van der Waals surface area contributed by atoms with Crippen LogP contribution in [0, 0.1) is 0 Å². The zero-order valence-corrected chi connectivity index (χ0v) is 15.6. The van der Waals surface area contributed by atoms with Crippen LogP contribution in [0.25, 0.3) is 0 Å². The molecular formula is C17H21N3O3S2. The highest BCUT2D eigenvalue weighted by Crippen LogP contribution is 2.20. The molecule has 0 saturated carbocycles. The van der Waals surface area contributed by atoms with Gasteiger partial charge in [0.15, 0.2) is 15.0 Å². The van der Waals surface area contributed by atoms with Crippen LogP contribution in [0.3, 0.4) is 0 Å². The molecule has 1 aromatic heterocycles. The molecule has 1 amide bonds. The fraction of sp³-hybridized carbons (Fsp3) is 0.412. The summed E-state index contributed by atoms with van der Waals surface area (Å²) < 4.78 is 23.4. The molecule has 8 heteroatoms. The van der Waals surface area contributed by atoms with Gasteiger partial charge in [-0.25, -0.2) is 13.4 Å². The van der Waals surface area contributed by atoms with E-state index in [0.29, 0.717) is 23.7 Å². The molecule has 1 saturated heterocycles. The Balaban J connectivity index is 1.69. The van der Waals surface area contributed by atoms with E-state index in [1.807, 2.05) is 25.1 Å². The quantitative estimate of drug-likeness (QED) is 0.834. The van der Waals surface area contributed by atoms with Gasteiger partial charge in [-0.05, 0) is 30.7 Å². The summed E-state index contributed by atoms with van der Waals surface area (Å²) in [7, 11) is -2.91. The van der Waals surface area contributed by atoms with Crippen molar-refractivity contribution in [2.75, 3.05) is 23.4 Å². The average Bonchev–Trinajstić information content (AvgIpc) is 3.22. The third kappa shape index (κ3) is 4.65. The number of hydrogen-bond acceptors (Lipinski definition) is 6. The zero-order valence-electron chi connectivity index (χ0n) is 14.0. The Morgan fingerprint density at radius 1 is 1.44 bits per heavy atom. The van der Waals surface area contributed by atoms with E-state index in [9.17, 15) is 13.2 Å². The van der Waals surface area contributed by atoms with Gasteiger partial charge in [0.25, 0.3) is 5.91 Å². The highest BCUT2D eigenvalue weighted by Gasteiger charge is 2.31. The van der Waals surface area contributed by atoms with Gasteiger partial charge in [-0.15, -0.1) is 11.3 Å². The van der Waals surface area contributed by atoms with Crippen molar-refractivity contribution in [3.8, 4) is 0 Å². The molecule has 1 aromatic carbocycles. The molecule has 0 bridgehead atoms. The first-order valence-electron chi connectivity index (χ1n) is 8.21. The molecule has 3 rings (SSSR count). The summed E-state index contributed by atoms with van der Waals surface area (Å²) in [4.78, 5) is 18.5. The van der Waals surface area contributed by atoms with Gasteiger partial charge in [-0.3, -0.25) is 15.0 Å². The molecule has 2 aromatic rings. The molecule has 1 fully saturated rings. The van der Waals surface area contributed by atoms with Crippen LogP contribution >= 0.6 is 11.3 Å². The number of sulfone groups is 1. The van der Waals surface area contributed by atoms with Gasteiger partial charge < -0.3 is 0 Å². The molecule has 6 nitrogen and oxygen atoms in total. The first-order valence-corrected chi connectivity index (χ1v) is 10.9. The van der Waals surface area contributed by atoms with Crippen LogP contribution in [0.15, 0.2) is 35.8 Å². The van der Waals surface area contributed by atoms with E-state index in [1.165, 1.54) is 11.3 Å². The molecule has 1 N–H and O–H groups in total. The lowest BCUT2D eigenvalue weighted by Gasteiger charge is -2.26. The van der Waals surface area contributed by atoms with Crippen molar-refractivity contribution in [2.24, 2.45) is 0 Å². The first-order chi connectivity index (χ1) is 12.0. The number of thiazole rings is 1. The van der Waals surface area contributed by atoms with Crippen LogP contribution in [0.2, 0.25) is 0 Å². The summed E-state index contributed by atoms with van der Waals surface area (Å²) in [5.74, 6) is 0.304. The maximum atomic E-state index is 12.3. The summed E-state index contributed by atoms with van der Waals surface area (Å²) in [5, 5.41) is 5.15. The number of amides is 1. The van der Waals surface area contributed by atoms with Gasteiger partial charge in [0.2, 0.25) is 0 Å². The Hall–Kier alpha value is -1.77. The fourth-order valence-electron chi connectivity index (χ4n) is 3.06. The SMILES string of the molecule is CCN(Cc1cccc(C(=O)Nc2nccs2)c1)[C@H]1CCS(=O)(=O)C1. The monoisotopic (exact) mass is 379 g/mol. The molecule has 1 aliphatic rings. The van der Waals surface area contributed by atoms with Crippen molar-refractivity contribution in [1.82, 2.24) is 9.88 Å². The normalized spacial score (nSPS) is 19.2. The lowest BCUT2D eigenvalue weighted by Crippen LogP contribution is -2.35. The number of carbonyl (C=O) groups excluding carboxylic acids is 1. The number of anilines is 1. The zero-order chi connectivity index (χ0) is 17.9. The predicted molar refractivity (Wildman–Crippen MR) is 99.7 cm³/mol. The Kier molecular flexibility index (Phi) is 5.51. The lowest BCUT2D eigenvalue weighted by atomic mass is 10.1. The molecule has 1 atom stereocenters. The van der Waals surface area contributed by atoms with E-state index < -0.39 is 9.84 Å². The summed E-state index contributed by atoms with van der Waals surface area (Å²) >= 11 is 1.37. The van der Waals surface area contributed by atoms with Gasteiger partial charge in [0.05, 0.1) is 11.5 Å². The fourth-order valence-corrected chi connectivity index (χ4v) is 5.35. The second-order valence-electron chi connectivity index (χ2n) is 6.11. The van der Waals surface area contributed by atoms with Gasteiger partial charge in [0, 0.05) is 29.7 Å². The highest BCUT2D eigenvalue weighted by molar-refractivity contribution is 7.91. The molecular weight excluding hydrogens is 358 g/mol. The summed E-state index contributed by atoms with van der Waals surface area (Å²) in [6, 6.07) is 7.50. The van der Waals surface area contributed by atoms with Gasteiger partial charge in [-0.2, -0.15) is 0 Å². The summed E-state index contributed by atoms with van der Waals surface area (Å²) in [6.07, 6.45) is 2.33. The second kappa shape index (κ2) is 7.63. The molecule has 0 spiro atoms. The second-order valence-corrected chi connectivity index (χ2v) is 9.24. The maximum Gasteiger partial charge on any atom is 0.257 e. The molecule has 0 aliphatic carbocycles. The number of benzene rings is 1. The molecule has 0 radical (unpaired) electrons. The number of aromatic nitrogens is 1. The molecule has 2 heterocycles. The Morgan fingerprint density at radius 2 is 2.28 bits per heavy atom. The standard InChI is InChI=1S/C17H21N3O3S2/c1-2-20(15-6-9-25(22,23)12-15)11-13-4-3-5-14(10-13)16(21)19-17-18-7-8-24-17/h3-5,7-8,10,15H,2,6,9,11-12H2,1H3,(H,18,19,21)/t15-/m0/s1. The molecule has 25 heavy (non-hydrogen) atoms. The third-order valence-electron chi connectivity index (χ3n) is 4.36. The summed E-state index contributed by atoms with van der Waals surface area (Å²) in [6.45, 7) is 3.44. The predicted octanol–water partition coefficient (Wildman–Crippen LogP) is 2.40. The van der Waals surface area contributed by atoms with Crippen molar-refractivity contribution < 1.29 is 13.2 Å². The van der Waals surface area contributed by atoms with Gasteiger partial charge in [0.1, 0.15) is 0 Å². The first kappa shape index (κ1) is 18.0. The van der Waals surface area contributed by atoms with E-state index in [4.69, 9.17) is 0 Å². The van der Waals surface area contributed by atoms with E-state index >= 15 is 0 Å². The molecule has 134 valence electrons. The number of nitrogens with zero attached hydrogens (tertiary/aromatic N) is 2. The van der Waals surface area contributed by atoms with Crippen LogP contribution < -0.4 is 5.32 Å². The van der Waals surface area contributed by atoms with Crippen molar-refractivity contribution >= 4 is 32.2 Å². The van der Waals surface area contributed by atoms with Crippen LogP contribution in [-0.2, 0) is 16.4 Å². The van der Waals surface area contributed by atoms with Crippen molar-refractivity contribution in [1.29, 1.82) is 0 Å². The van der Waals surface area contributed by atoms with E-state index in [0.717, 1.165) is 12.1 Å². The topological polar surface area (TPSA) is 79.4 Å². The summed E-state index contributed by atoms with van der Waals surface area (Å²) in [5.41, 5.74) is 1.57.